The normalized spacial score (nSPS) is 10.5. The molecule has 0 fully saturated rings. The number of anilines is 1. The number of aryl methyl sites for hydroxylation is 1. The molecule has 0 bridgehead atoms. The molecule has 1 heterocycles. The number of hydrogen-bond acceptors (Lipinski definition) is 5. The molecular weight excluding hydrogens is 390 g/mol. The third kappa shape index (κ3) is 5.68. The number of amides is 2. The van der Waals surface area contributed by atoms with Crippen molar-refractivity contribution in [1.29, 1.82) is 0 Å². The minimum atomic E-state index is -0.228. The summed E-state index contributed by atoms with van der Waals surface area (Å²) < 4.78 is 1.04. The van der Waals surface area contributed by atoms with Crippen LogP contribution in [0, 0.1) is 6.92 Å². The highest BCUT2D eigenvalue weighted by molar-refractivity contribution is 8.00. The molecule has 0 saturated heterocycles. The van der Waals surface area contributed by atoms with E-state index in [1.165, 1.54) is 4.90 Å². The third-order valence-electron chi connectivity index (χ3n) is 3.95. The van der Waals surface area contributed by atoms with Gasteiger partial charge in [0.15, 0.2) is 0 Å². The SMILES string of the molecule is Cc1csc(SCc2ccc(C(=O)N(C)CC(=O)Nc3ccccc3)cc2)n1. The van der Waals surface area contributed by atoms with Crippen molar-refractivity contribution >= 4 is 40.6 Å². The summed E-state index contributed by atoms with van der Waals surface area (Å²) in [7, 11) is 1.63. The minimum Gasteiger partial charge on any atom is -0.332 e. The maximum Gasteiger partial charge on any atom is 0.254 e. The standard InChI is InChI=1S/C21H21N3O2S2/c1-15-13-27-21(22-15)28-14-16-8-10-17(11-9-16)20(26)24(2)12-19(25)23-18-6-4-3-5-7-18/h3-11,13H,12,14H2,1-2H3,(H,23,25). The summed E-state index contributed by atoms with van der Waals surface area (Å²) in [6.45, 7) is 1.98. The van der Waals surface area contributed by atoms with Crippen molar-refractivity contribution in [3.63, 3.8) is 0 Å². The molecule has 0 unspecified atom stereocenters. The molecule has 0 radical (unpaired) electrons. The molecule has 3 aromatic rings. The molecule has 7 heteroatoms. The lowest BCUT2D eigenvalue weighted by atomic mass is 10.1. The first-order chi connectivity index (χ1) is 13.5. The van der Waals surface area contributed by atoms with E-state index in [4.69, 9.17) is 0 Å². The predicted octanol–water partition coefficient (Wildman–Crippen LogP) is 4.45. The van der Waals surface area contributed by atoms with Crippen LogP contribution in [0.1, 0.15) is 21.6 Å². The van der Waals surface area contributed by atoms with Crippen LogP contribution in [0.2, 0.25) is 0 Å². The van der Waals surface area contributed by atoms with E-state index in [0.29, 0.717) is 11.3 Å². The molecule has 1 N–H and O–H groups in total. The number of rotatable bonds is 7. The van der Waals surface area contributed by atoms with E-state index in [2.05, 4.69) is 10.3 Å². The molecule has 28 heavy (non-hydrogen) atoms. The highest BCUT2D eigenvalue weighted by Crippen LogP contribution is 2.26. The zero-order valence-electron chi connectivity index (χ0n) is 15.7. The van der Waals surface area contributed by atoms with Gasteiger partial charge in [-0.25, -0.2) is 4.98 Å². The summed E-state index contributed by atoms with van der Waals surface area (Å²) in [5.74, 6) is 0.392. The molecule has 0 aliphatic rings. The van der Waals surface area contributed by atoms with Gasteiger partial charge in [0.2, 0.25) is 5.91 Å². The van der Waals surface area contributed by atoms with Crippen LogP contribution in [0.5, 0.6) is 0 Å². The Balaban J connectivity index is 1.52. The van der Waals surface area contributed by atoms with Crippen molar-refractivity contribution in [2.75, 3.05) is 18.9 Å². The van der Waals surface area contributed by atoms with Gasteiger partial charge in [0.25, 0.3) is 5.91 Å². The maximum atomic E-state index is 12.6. The number of likely N-dealkylation sites (N-methyl/N-ethyl adjacent to an activating group) is 1. The van der Waals surface area contributed by atoms with Gasteiger partial charge in [-0.1, -0.05) is 42.1 Å². The quantitative estimate of drug-likeness (QED) is 0.583. The molecule has 0 saturated carbocycles. The monoisotopic (exact) mass is 411 g/mol. The largest absolute Gasteiger partial charge is 0.332 e. The van der Waals surface area contributed by atoms with Gasteiger partial charge in [-0.05, 0) is 36.8 Å². The molecule has 0 spiro atoms. The van der Waals surface area contributed by atoms with Gasteiger partial charge in [0.05, 0.1) is 6.54 Å². The Bertz CT molecular complexity index is 940. The van der Waals surface area contributed by atoms with Crippen LogP contribution in [-0.2, 0) is 10.5 Å². The van der Waals surface area contributed by atoms with Crippen LogP contribution in [0.25, 0.3) is 0 Å². The van der Waals surface area contributed by atoms with Crippen molar-refractivity contribution < 1.29 is 9.59 Å². The van der Waals surface area contributed by atoms with E-state index in [1.807, 2.05) is 54.8 Å². The average Bonchev–Trinajstić information content (AvgIpc) is 3.12. The van der Waals surface area contributed by atoms with Crippen molar-refractivity contribution in [3.8, 4) is 0 Å². The fraction of sp³-hybridized carbons (Fsp3) is 0.190. The molecule has 0 atom stereocenters. The first-order valence-electron chi connectivity index (χ1n) is 8.75. The molecule has 3 rings (SSSR count). The number of aromatic nitrogens is 1. The summed E-state index contributed by atoms with van der Waals surface area (Å²) >= 11 is 3.32. The molecule has 0 aliphatic heterocycles. The predicted molar refractivity (Wildman–Crippen MR) is 115 cm³/mol. The van der Waals surface area contributed by atoms with E-state index < -0.39 is 0 Å². The lowest BCUT2D eigenvalue weighted by Gasteiger charge is -2.17. The second-order valence-corrected chi connectivity index (χ2v) is 8.40. The molecule has 2 aromatic carbocycles. The van der Waals surface area contributed by atoms with Gasteiger partial charge in [0.1, 0.15) is 4.34 Å². The second kappa shape index (κ2) is 9.52. The van der Waals surface area contributed by atoms with E-state index >= 15 is 0 Å². The summed E-state index contributed by atoms with van der Waals surface area (Å²) in [5, 5.41) is 4.82. The Labute approximate surface area is 172 Å². The topological polar surface area (TPSA) is 62.3 Å². The summed E-state index contributed by atoms with van der Waals surface area (Å²) in [6, 6.07) is 16.7. The van der Waals surface area contributed by atoms with Crippen LogP contribution < -0.4 is 5.32 Å². The lowest BCUT2D eigenvalue weighted by Crippen LogP contribution is -2.34. The third-order valence-corrected chi connectivity index (χ3v) is 6.16. The number of nitrogens with zero attached hydrogens (tertiary/aromatic N) is 2. The van der Waals surface area contributed by atoms with Gasteiger partial charge >= 0.3 is 0 Å². The Kier molecular flexibility index (Phi) is 6.84. The van der Waals surface area contributed by atoms with E-state index in [-0.39, 0.29) is 18.4 Å². The van der Waals surface area contributed by atoms with Crippen LogP contribution in [-0.4, -0.2) is 35.3 Å². The average molecular weight is 412 g/mol. The first-order valence-corrected chi connectivity index (χ1v) is 10.6. The summed E-state index contributed by atoms with van der Waals surface area (Å²) in [5.41, 5.74) is 3.44. The molecular formula is C21H21N3O2S2. The van der Waals surface area contributed by atoms with Crippen LogP contribution >= 0.6 is 23.1 Å². The highest BCUT2D eigenvalue weighted by atomic mass is 32.2. The van der Waals surface area contributed by atoms with Crippen LogP contribution in [0.3, 0.4) is 0 Å². The van der Waals surface area contributed by atoms with Gasteiger partial charge < -0.3 is 10.2 Å². The van der Waals surface area contributed by atoms with E-state index in [0.717, 1.165) is 21.3 Å². The zero-order chi connectivity index (χ0) is 19.9. The molecule has 0 aliphatic carbocycles. The van der Waals surface area contributed by atoms with E-state index in [9.17, 15) is 9.59 Å². The van der Waals surface area contributed by atoms with Gasteiger partial charge in [0, 0.05) is 35.1 Å². The number of para-hydroxylation sites is 1. The van der Waals surface area contributed by atoms with Crippen LogP contribution in [0.4, 0.5) is 5.69 Å². The molecule has 144 valence electrons. The van der Waals surface area contributed by atoms with Crippen LogP contribution in [0.15, 0.2) is 64.3 Å². The minimum absolute atomic E-state index is 0.00523. The summed E-state index contributed by atoms with van der Waals surface area (Å²) in [4.78, 5) is 30.5. The van der Waals surface area contributed by atoms with Gasteiger partial charge in [-0.15, -0.1) is 11.3 Å². The molecule has 5 nitrogen and oxygen atoms in total. The number of carbonyl (C=O) groups is 2. The maximum absolute atomic E-state index is 12.6. The van der Waals surface area contributed by atoms with E-state index in [1.54, 1.807) is 42.3 Å². The van der Waals surface area contributed by atoms with Crippen molar-refractivity contribution in [1.82, 2.24) is 9.88 Å². The fourth-order valence-electron chi connectivity index (χ4n) is 2.52. The number of carbonyl (C=O) groups excluding carboxylic acids is 2. The number of thioether (sulfide) groups is 1. The molecule has 1 aromatic heterocycles. The van der Waals surface area contributed by atoms with Crippen molar-refractivity contribution in [2.45, 2.75) is 17.0 Å². The second-order valence-electron chi connectivity index (χ2n) is 6.32. The lowest BCUT2D eigenvalue weighted by molar-refractivity contribution is -0.116. The number of hydrogen-bond donors (Lipinski definition) is 1. The molecule has 2 amide bonds. The zero-order valence-corrected chi connectivity index (χ0v) is 17.3. The number of nitrogens with one attached hydrogen (secondary N) is 1. The first kappa shape index (κ1) is 20.1. The van der Waals surface area contributed by atoms with Crippen molar-refractivity contribution in [2.24, 2.45) is 0 Å². The summed E-state index contributed by atoms with van der Waals surface area (Å²) in [6.07, 6.45) is 0. The van der Waals surface area contributed by atoms with Crippen molar-refractivity contribution in [3.05, 3.63) is 76.8 Å². The Hall–Kier alpha value is -2.64. The highest BCUT2D eigenvalue weighted by Gasteiger charge is 2.15. The Morgan fingerprint density at radius 2 is 1.82 bits per heavy atom. The number of benzene rings is 2. The number of thiazole rings is 1. The smallest absolute Gasteiger partial charge is 0.254 e. The Morgan fingerprint density at radius 3 is 2.46 bits per heavy atom. The Morgan fingerprint density at radius 1 is 1.11 bits per heavy atom. The van der Waals surface area contributed by atoms with Gasteiger partial charge in [-0.2, -0.15) is 0 Å². The van der Waals surface area contributed by atoms with Gasteiger partial charge in [-0.3, -0.25) is 9.59 Å². The fourth-order valence-corrected chi connectivity index (χ4v) is 4.32.